The van der Waals surface area contributed by atoms with E-state index >= 15 is 0 Å². The first-order chi connectivity index (χ1) is 13.3. The molecule has 152 valence electrons. The zero-order valence-corrected chi connectivity index (χ0v) is 18.2. The minimum atomic E-state index is -3.58. The van der Waals surface area contributed by atoms with E-state index in [2.05, 4.69) is 30.9 Å². The Hall–Kier alpha value is -1.76. The predicted octanol–water partition coefficient (Wildman–Crippen LogP) is 4.26. The van der Waals surface area contributed by atoms with Crippen molar-refractivity contribution in [3.63, 3.8) is 0 Å². The van der Waals surface area contributed by atoms with E-state index in [0.717, 1.165) is 6.42 Å². The van der Waals surface area contributed by atoms with Gasteiger partial charge < -0.3 is 9.64 Å². The third-order valence-electron chi connectivity index (χ3n) is 5.16. The number of anilines is 1. The summed E-state index contributed by atoms with van der Waals surface area (Å²) in [5.41, 5.74) is 3.67. The van der Waals surface area contributed by atoms with Gasteiger partial charge in [-0.2, -0.15) is 4.31 Å². The Bertz CT molecular complexity index is 939. The summed E-state index contributed by atoms with van der Waals surface area (Å²) < 4.78 is 33.3. The van der Waals surface area contributed by atoms with Gasteiger partial charge in [0.05, 0.1) is 16.5 Å². The Morgan fingerprint density at radius 2 is 1.79 bits per heavy atom. The molecule has 0 spiro atoms. The lowest BCUT2D eigenvalue weighted by molar-refractivity contribution is 0.316. The molecular weight excluding hydrogens is 396 g/mol. The van der Waals surface area contributed by atoms with Gasteiger partial charge in [-0.3, -0.25) is 0 Å². The lowest BCUT2D eigenvalue weighted by Gasteiger charge is -2.36. The van der Waals surface area contributed by atoms with Crippen LogP contribution in [0.4, 0.5) is 5.69 Å². The van der Waals surface area contributed by atoms with E-state index < -0.39 is 10.0 Å². The van der Waals surface area contributed by atoms with Crippen LogP contribution in [0.5, 0.6) is 5.75 Å². The van der Waals surface area contributed by atoms with Crippen LogP contribution in [0.2, 0.25) is 5.02 Å². The summed E-state index contributed by atoms with van der Waals surface area (Å²) in [6, 6.07) is 10.9. The maximum absolute atomic E-state index is 13.1. The number of ether oxygens (including phenoxy) is 1. The topological polar surface area (TPSA) is 49.9 Å². The van der Waals surface area contributed by atoms with Crippen molar-refractivity contribution in [2.45, 2.75) is 32.1 Å². The number of sulfonamides is 1. The Kier molecular flexibility index (Phi) is 6.53. The number of halogens is 1. The third kappa shape index (κ3) is 4.29. The second-order valence-electron chi connectivity index (χ2n) is 7.05. The fourth-order valence-electron chi connectivity index (χ4n) is 3.36. The van der Waals surface area contributed by atoms with Crippen molar-refractivity contribution in [3.8, 4) is 5.75 Å². The summed E-state index contributed by atoms with van der Waals surface area (Å²) in [5, 5.41) is 0.423. The monoisotopic (exact) mass is 422 g/mol. The predicted molar refractivity (Wildman–Crippen MR) is 114 cm³/mol. The van der Waals surface area contributed by atoms with E-state index in [1.54, 1.807) is 16.4 Å². The van der Waals surface area contributed by atoms with Crippen molar-refractivity contribution in [3.05, 3.63) is 52.5 Å². The largest absolute Gasteiger partial charge is 0.492 e. The molecule has 0 N–H and O–H groups in total. The quantitative estimate of drug-likeness (QED) is 0.698. The van der Waals surface area contributed by atoms with Gasteiger partial charge in [0.2, 0.25) is 10.0 Å². The van der Waals surface area contributed by atoms with Crippen molar-refractivity contribution < 1.29 is 13.2 Å². The fourth-order valence-corrected chi connectivity index (χ4v) is 4.97. The average Bonchev–Trinajstić information content (AvgIpc) is 2.69. The molecule has 0 atom stereocenters. The molecule has 0 unspecified atom stereocenters. The molecule has 28 heavy (non-hydrogen) atoms. The molecule has 2 aromatic carbocycles. The minimum Gasteiger partial charge on any atom is -0.492 e. The van der Waals surface area contributed by atoms with E-state index in [0.29, 0.717) is 43.6 Å². The molecule has 1 fully saturated rings. The highest BCUT2D eigenvalue weighted by Crippen LogP contribution is 2.30. The number of nitrogens with zero attached hydrogens (tertiary/aromatic N) is 2. The van der Waals surface area contributed by atoms with Crippen LogP contribution in [0.15, 0.2) is 41.3 Å². The Labute approximate surface area is 172 Å². The zero-order valence-electron chi connectivity index (χ0n) is 16.6. The van der Waals surface area contributed by atoms with Gasteiger partial charge in [-0.1, -0.05) is 30.7 Å². The smallest absolute Gasteiger partial charge is 0.243 e. The molecule has 1 saturated heterocycles. The molecule has 1 aliphatic heterocycles. The van der Waals surface area contributed by atoms with Crippen LogP contribution in [-0.2, 0) is 10.0 Å². The molecule has 0 aliphatic carbocycles. The van der Waals surface area contributed by atoms with E-state index in [4.69, 9.17) is 16.3 Å². The first kappa shape index (κ1) is 21.0. The molecule has 0 saturated carbocycles. The maximum atomic E-state index is 13.1. The highest BCUT2D eigenvalue weighted by Gasteiger charge is 2.29. The van der Waals surface area contributed by atoms with E-state index in [1.165, 1.54) is 22.9 Å². The normalized spacial score (nSPS) is 15.6. The lowest BCUT2D eigenvalue weighted by atomic mass is 10.1. The Morgan fingerprint density at radius 1 is 1.07 bits per heavy atom. The number of benzene rings is 2. The first-order valence-corrected chi connectivity index (χ1v) is 11.4. The van der Waals surface area contributed by atoms with Crippen LogP contribution in [-0.4, -0.2) is 45.5 Å². The van der Waals surface area contributed by atoms with Crippen molar-refractivity contribution in [1.29, 1.82) is 0 Å². The van der Waals surface area contributed by atoms with Crippen LogP contribution >= 0.6 is 11.6 Å². The van der Waals surface area contributed by atoms with E-state index in [9.17, 15) is 8.42 Å². The Balaban J connectivity index is 1.75. The van der Waals surface area contributed by atoms with Gasteiger partial charge in [0, 0.05) is 37.9 Å². The Morgan fingerprint density at radius 3 is 2.46 bits per heavy atom. The van der Waals surface area contributed by atoms with E-state index in [1.807, 2.05) is 13.0 Å². The van der Waals surface area contributed by atoms with Crippen LogP contribution in [0, 0.1) is 13.8 Å². The van der Waals surface area contributed by atoms with Crippen molar-refractivity contribution in [2.75, 3.05) is 37.7 Å². The van der Waals surface area contributed by atoms with Gasteiger partial charge in [-0.15, -0.1) is 0 Å². The second-order valence-corrected chi connectivity index (χ2v) is 9.40. The number of hydrogen-bond donors (Lipinski definition) is 0. The minimum absolute atomic E-state index is 0.225. The van der Waals surface area contributed by atoms with Crippen molar-refractivity contribution in [2.24, 2.45) is 0 Å². The molecule has 1 heterocycles. The molecule has 5 nitrogen and oxygen atoms in total. The van der Waals surface area contributed by atoms with Crippen LogP contribution in [0.3, 0.4) is 0 Å². The van der Waals surface area contributed by atoms with Crippen molar-refractivity contribution in [1.82, 2.24) is 4.31 Å². The molecule has 2 aromatic rings. The number of hydrogen-bond acceptors (Lipinski definition) is 4. The molecule has 7 heteroatoms. The molecular formula is C21H27ClN2O3S. The van der Waals surface area contributed by atoms with Crippen LogP contribution in [0.1, 0.15) is 24.5 Å². The summed E-state index contributed by atoms with van der Waals surface area (Å²) in [6.07, 6.45) is 0.827. The maximum Gasteiger partial charge on any atom is 0.243 e. The summed E-state index contributed by atoms with van der Waals surface area (Å²) in [7, 11) is -3.58. The molecule has 0 amide bonds. The molecule has 0 bridgehead atoms. The van der Waals surface area contributed by atoms with Gasteiger partial charge in [-0.25, -0.2) is 8.42 Å². The van der Waals surface area contributed by atoms with Gasteiger partial charge in [0.25, 0.3) is 0 Å². The van der Waals surface area contributed by atoms with Crippen LogP contribution in [0.25, 0.3) is 0 Å². The number of rotatable bonds is 6. The molecule has 0 aromatic heterocycles. The highest BCUT2D eigenvalue weighted by atomic mass is 35.5. The van der Waals surface area contributed by atoms with E-state index in [-0.39, 0.29) is 4.90 Å². The van der Waals surface area contributed by atoms with Crippen molar-refractivity contribution >= 4 is 27.3 Å². The zero-order chi connectivity index (χ0) is 20.3. The second kappa shape index (κ2) is 8.72. The lowest BCUT2D eigenvalue weighted by Crippen LogP contribution is -2.48. The first-order valence-electron chi connectivity index (χ1n) is 9.58. The van der Waals surface area contributed by atoms with Gasteiger partial charge in [0.15, 0.2) is 0 Å². The highest BCUT2D eigenvalue weighted by molar-refractivity contribution is 7.89. The molecule has 1 aliphatic rings. The number of piperazine rings is 1. The standard InChI is InChI=1S/C21H27ClN2O3S/c1-4-14-27-21-15-18(8-9-19(21)22)28(25,26)24-12-10-23(11-13-24)20-7-5-6-16(2)17(20)3/h5-9,15H,4,10-14H2,1-3H3. The SMILES string of the molecule is CCCOc1cc(S(=O)(=O)N2CCN(c3cccc(C)c3C)CC2)ccc1Cl. The molecule has 3 rings (SSSR count). The summed E-state index contributed by atoms with van der Waals surface area (Å²) >= 11 is 6.14. The summed E-state index contributed by atoms with van der Waals surface area (Å²) in [6.45, 7) is 8.92. The average molecular weight is 423 g/mol. The summed E-state index contributed by atoms with van der Waals surface area (Å²) in [5.74, 6) is 0.415. The fraction of sp³-hybridized carbons (Fsp3) is 0.429. The number of aryl methyl sites for hydroxylation is 1. The van der Waals surface area contributed by atoms with Gasteiger partial charge >= 0.3 is 0 Å². The summed E-state index contributed by atoms with van der Waals surface area (Å²) in [4.78, 5) is 2.48. The van der Waals surface area contributed by atoms with Gasteiger partial charge in [-0.05, 0) is 49.6 Å². The van der Waals surface area contributed by atoms with Gasteiger partial charge in [0.1, 0.15) is 5.75 Å². The third-order valence-corrected chi connectivity index (χ3v) is 7.36. The molecule has 0 radical (unpaired) electrons. The van der Waals surface area contributed by atoms with Crippen LogP contribution < -0.4 is 9.64 Å².